The van der Waals surface area contributed by atoms with Gasteiger partial charge in [0.2, 0.25) is 5.91 Å². The lowest BCUT2D eigenvalue weighted by Crippen LogP contribution is -2.38. The maximum atomic E-state index is 12.2. The predicted octanol–water partition coefficient (Wildman–Crippen LogP) is 1.52. The quantitative estimate of drug-likeness (QED) is 0.860. The summed E-state index contributed by atoms with van der Waals surface area (Å²) in [6, 6.07) is 8.00. The molecule has 3 nitrogen and oxygen atoms in total. The highest BCUT2D eigenvalue weighted by atomic mass is 16.3. The molecule has 0 saturated carbocycles. The van der Waals surface area contributed by atoms with Crippen molar-refractivity contribution in [3.05, 3.63) is 35.4 Å². The highest BCUT2D eigenvalue weighted by molar-refractivity contribution is 5.79. The van der Waals surface area contributed by atoms with E-state index in [1.165, 1.54) is 0 Å². The predicted molar refractivity (Wildman–Crippen MR) is 66.7 cm³/mol. The largest absolute Gasteiger partial charge is 0.394 e. The molecule has 92 valence electrons. The first kappa shape index (κ1) is 12.1. The van der Waals surface area contributed by atoms with Crippen molar-refractivity contribution in [2.75, 3.05) is 13.2 Å². The zero-order valence-electron chi connectivity index (χ0n) is 10.2. The van der Waals surface area contributed by atoms with Crippen LogP contribution in [0.25, 0.3) is 0 Å². The summed E-state index contributed by atoms with van der Waals surface area (Å²) < 4.78 is 0. The molecule has 1 aromatic rings. The van der Waals surface area contributed by atoms with Crippen molar-refractivity contribution in [2.24, 2.45) is 0 Å². The average Bonchev–Trinajstić information content (AvgIpc) is 2.80. The van der Waals surface area contributed by atoms with E-state index in [9.17, 15) is 9.90 Å². The molecule has 1 N–H and O–H groups in total. The minimum absolute atomic E-state index is 0.0338. The van der Waals surface area contributed by atoms with Crippen molar-refractivity contribution >= 4 is 5.91 Å². The molecule has 0 aliphatic carbocycles. The minimum Gasteiger partial charge on any atom is -0.394 e. The van der Waals surface area contributed by atoms with Crippen LogP contribution >= 0.6 is 0 Å². The SMILES string of the molecule is Cc1ccccc1CC(=O)N1CCCC1CO. The molecule has 17 heavy (non-hydrogen) atoms. The first-order chi connectivity index (χ1) is 8.22. The number of rotatable bonds is 3. The zero-order chi connectivity index (χ0) is 12.3. The molecule has 1 atom stereocenters. The van der Waals surface area contributed by atoms with Crippen LogP contribution in [-0.2, 0) is 11.2 Å². The number of carbonyl (C=O) groups is 1. The third-order valence-electron chi connectivity index (χ3n) is 3.51. The fourth-order valence-corrected chi connectivity index (χ4v) is 2.43. The van der Waals surface area contributed by atoms with Crippen molar-refractivity contribution in [1.82, 2.24) is 4.90 Å². The number of hydrogen-bond acceptors (Lipinski definition) is 2. The Hall–Kier alpha value is -1.35. The number of aliphatic hydroxyl groups is 1. The normalized spacial score (nSPS) is 19.6. The molecule has 0 radical (unpaired) electrons. The lowest BCUT2D eigenvalue weighted by molar-refractivity contribution is -0.132. The molecule has 3 heteroatoms. The van der Waals surface area contributed by atoms with Gasteiger partial charge in [-0.15, -0.1) is 0 Å². The monoisotopic (exact) mass is 233 g/mol. The molecular formula is C14H19NO2. The molecule has 2 rings (SSSR count). The van der Waals surface area contributed by atoms with Crippen LogP contribution in [0.4, 0.5) is 0 Å². The van der Waals surface area contributed by atoms with Crippen LogP contribution < -0.4 is 0 Å². The summed E-state index contributed by atoms with van der Waals surface area (Å²) in [4.78, 5) is 14.0. The second-order valence-electron chi connectivity index (χ2n) is 4.67. The van der Waals surface area contributed by atoms with E-state index < -0.39 is 0 Å². The zero-order valence-corrected chi connectivity index (χ0v) is 10.2. The van der Waals surface area contributed by atoms with Gasteiger partial charge in [0, 0.05) is 6.54 Å². The van der Waals surface area contributed by atoms with Gasteiger partial charge < -0.3 is 10.0 Å². The van der Waals surface area contributed by atoms with E-state index >= 15 is 0 Å². The number of amides is 1. The molecule has 1 aliphatic heterocycles. The Labute approximate surface area is 102 Å². The number of aryl methyl sites for hydroxylation is 1. The summed E-state index contributed by atoms with van der Waals surface area (Å²) in [6.45, 7) is 2.89. The van der Waals surface area contributed by atoms with Gasteiger partial charge in [0.1, 0.15) is 0 Å². The van der Waals surface area contributed by atoms with Gasteiger partial charge in [-0.1, -0.05) is 24.3 Å². The first-order valence-electron chi connectivity index (χ1n) is 6.17. The second kappa shape index (κ2) is 5.32. The third kappa shape index (κ3) is 2.67. The van der Waals surface area contributed by atoms with E-state index in [0.717, 1.165) is 30.5 Å². The molecule has 0 aromatic heterocycles. The Morgan fingerprint density at radius 3 is 2.94 bits per heavy atom. The van der Waals surface area contributed by atoms with Crippen molar-refractivity contribution in [2.45, 2.75) is 32.2 Å². The van der Waals surface area contributed by atoms with Crippen molar-refractivity contribution < 1.29 is 9.90 Å². The summed E-state index contributed by atoms with van der Waals surface area (Å²) in [5, 5.41) is 9.21. The fraction of sp³-hybridized carbons (Fsp3) is 0.500. The van der Waals surface area contributed by atoms with Crippen molar-refractivity contribution in [3.8, 4) is 0 Å². The van der Waals surface area contributed by atoms with Gasteiger partial charge in [-0.3, -0.25) is 4.79 Å². The topological polar surface area (TPSA) is 40.5 Å². The van der Waals surface area contributed by atoms with E-state index in [2.05, 4.69) is 0 Å². The summed E-state index contributed by atoms with van der Waals surface area (Å²) in [6.07, 6.45) is 2.38. The summed E-state index contributed by atoms with van der Waals surface area (Å²) in [5.41, 5.74) is 2.24. The van der Waals surface area contributed by atoms with Crippen molar-refractivity contribution in [1.29, 1.82) is 0 Å². The summed E-state index contributed by atoms with van der Waals surface area (Å²) >= 11 is 0. The standard InChI is InChI=1S/C14H19NO2/c1-11-5-2-3-6-12(11)9-14(17)15-8-4-7-13(15)10-16/h2-3,5-6,13,16H,4,7-10H2,1H3. The van der Waals surface area contributed by atoms with E-state index in [-0.39, 0.29) is 18.6 Å². The summed E-state index contributed by atoms with van der Waals surface area (Å²) in [5.74, 6) is 0.135. The van der Waals surface area contributed by atoms with Gasteiger partial charge in [0.25, 0.3) is 0 Å². The van der Waals surface area contributed by atoms with Gasteiger partial charge in [-0.2, -0.15) is 0 Å². The molecule has 0 spiro atoms. The van der Waals surface area contributed by atoms with Gasteiger partial charge in [-0.05, 0) is 30.9 Å². The highest BCUT2D eigenvalue weighted by Gasteiger charge is 2.27. The molecule has 1 heterocycles. The van der Waals surface area contributed by atoms with E-state index in [1.54, 1.807) is 0 Å². The van der Waals surface area contributed by atoms with Crippen LogP contribution in [0.15, 0.2) is 24.3 Å². The first-order valence-corrected chi connectivity index (χ1v) is 6.17. The Bertz CT molecular complexity index is 403. The molecule has 1 aromatic carbocycles. The number of carbonyl (C=O) groups excluding carboxylic acids is 1. The Kier molecular flexibility index (Phi) is 3.79. The van der Waals surface area contributed by atoms with Gasteiger partial charge >= 0.3 is 0 Å². The maximum absolute atomic E-state index is 12.2. The number of likely N-dealkylation sites (tertiary alicyclic amines) is 1. The number of benzene rings is 1. The Morgan fingerprint density at radius 1 is 1.47 bits per heavy atom. The molecule has 0 bridgehead atoms. The van der Waals surface area contributed by atoms with Gasteiger partial charge in [-0.25, -0.2) is 0 Å². The van der Waals surface area contributed by atoms with Crippen LogP contribution in [-0.4, -0.2) is 35.1 Å². The lowest BCUT2D eigenvalue weighted by atomic mass is 10.1. The van der Waals surface area contributed by atoms with Crippen LogP contribution in [0.5, 0.6) is 0 Å². The number of hydrogen-bond donors (Lipinski definition) is 1. The highest BCUT2D eigenvalue weighted by Crippen LogP contribution is 2.18. The molecule has 1 aliphatic rings. The average molecular weight is 233 g/mol. The van der Waals surface area contributed by atoms with Crippen LogP contribution in [0.2, 0.25) is 0 Å². The van der Waals surface area contributed by atoms with Gasteiger partial charge in [0.05, 0.1) is 19.1 Å². The Balaban J connectivity index is 2.04. The van der Waals surface area contributed by atoms with E-state index in [0.29, 0.717) is 6.42 Å². The molecule has 1 saturated heterocycles. The molecular weight excluding hydrogens is 214 g/mol. The van der Waals surface area contributed by atoms with Crippen LogP contribution in [0, 0.1) is 6.92 Å². The molecule has 1 amide bonds. The number of aliphatic hydroxyl groups excluding tert-OH is 1. The van der Waals surface area contributed by atoms with Gasteiger partial charge in [0.15, 0.2) is 0 Å². The van der Waals surface area contributed by atoms with Crippen molar-refractivity contribution in [3.63, 3.8) is 0 Å². The Morgan fingerprint density at radius 2 is 2.24 bits per heavy atom. The number of nitrogens with zero attached hydrogens (tertiary/aromatic N) is 1. The third-order valence-corrected chi connectivity index (χ3v) is 3.51. The molecule has 1 fully saturated rings. The molecule has 1 unspecified atom stereocenters. The van der Waals surface area contributed by atoms with E-state index in [1.807, 2.05) is 36.1 Å². The van der Waals surface area contributed by atoms with Crippen LogP contribution in [0.1, 0.15) is 24.0 Å². The smallest absolute Gasteiger partial charge is 0.227 e. The van der Waals surface area contributed by atoms with E-state index in [4.69, 9.17) is 0 Å². The second-order valence-corrected chi connectivity index (χ2v) is 4.67. The lowest BCUT2D eigenvalue weighted by Gasteiger charge is -2.23. The fourth-order valence-electron chi connectivity index (χ4n) is 2.43. The van der Waals surface area contributed by atoms with Crippen LogP contribution in [0.3, 0.4) is 0 Å². The summed E-state index contributed by atoms with van der Waals surface area (Å²) in [7, 11) is 0. The maximum Gasteiger partial charge on any atom is 0.227 e. The minimum atomic E-state index is 0.0338.